The van der Waals surface area contributed by atoms with Gasteiger partial charge < -0.3 is 15.2 Å². The second kappa shape index (κ2) is 8.87. The van der Waals surface area contributed by atoms with Gasteiger partial charge in [-0.3, -0.25) is 4.79 Å². The molecule has 0 spiro atoms. The third-order valence-corrected chi connectivity index (χ3v) is 4.50. The molecule has 2 rings (SSSR count). The van der Waals surface area contributed by atoms with Gasteiger partial charge in [0.05, 0.1) is 14.6 Å². The lowest BCUT2D eigenvalue weighted by molar-refractivity contribution is -0.112. The maximum absolute atomic E-state index is 12.3. The van der Waals surface area contributed by atoms with Gasteiger partial charge in [0.25, 0.3) is 5.91 Å². The van der Waals surface area contributed by atoms with Crippen molar-refractivity contribution >= 4 is 56.2 Å². The van der Waals surface area contributed by atoms with E-state index in [0.29, 0.717) is 17.9 Å². The SMILES string of the molecule is CCOc1c(Br)cc(/C=C(\C#N)C(=O)Nc2ccc(O)cc2)cc1I. The Morgan fingerprint density at radius 3 is 2.64 bits per heavy atom. The molecule has 0 atom stereocenters. The highest BCUT2D eigenvalue weighted by atomic mass is 127. The Labute approximate surface area is 167 Å². The Balaban J connectivity index is 2.26. The first-order valence-corrected chi connectivity index (χ1v) is 9.15. The van der Waals surface area contributed by atoms with E-state index < -0.39 is 5.91 Å². The molecule has 2 N–H and O–H groups in total. The van der Waals surface area contributed by atoms with Crippen LogP contribution in [0.1, 0.15) is 12.5 Å². The second-order valence-electron chi connectivity index (χ2n) is 4.92. The maximum Gasteiger partial charge on any atom is 0.266 e. The Hall–Kier alpha value is -2.05. The van der Waals surface area contributed by atoms with E-state index in [0.717, 1.165) is 13.8 Å². The standard InChI is InChI=1S/C18H14BrIN2O3/c1-2-25-17-15(19)8-11(9-16(17)20)7-12(10-21)18(24)22-13-3-5-14(23)6-4-13/h3-9,23H,2H2,1H3,(H,22,24)/b12-7+. The van der Waals surface area contributed by atoms with E-state index in [9.17, 15) is 15.2 Å². The Kier molecular flexibility index (Phi) is 6.84. The van der Waals surface area contributed by atoms with Gasteiger partial charge in [-0.2, -0.15) is 5.26 Å². The zero-order valence-electron chi connectivity index (χ0n) is 13.2. The van der Waals surface area contributed by atoms with Crippen molar-refractivity contribution in [3.63, 3.8) is 0 Å². The molecular formula is C18H14BrIN2O3. The Morgan fingerprint density at radius 1 is 1.40 bits per heavy atom. The summed E-state index contributed by atoms with van der Waals surface area (Å²) in [4.78, 5) is 12.3. The van der Waals surface area contributed by atoms with Crippen molar-refractivity contribution in [2.24, 2.45) is 0 Å². The summed E-state index contributed by atoms with van der Waals surface area (Å²) in [6.07, 6.45) is 1.51. The zero-order valence-corrected chi connectivity index (χ0v) is 17.0. The van der Waals surface area contributed by atoms with Crippen molar-refractivity contribution in [1.29, 1.82) is 5.26 Å². The van der Waals surface area contributed by atoms with Crippen LogP contribution in [0.4, 0.5) is 5.69 Å². The molecule has 0 heterocycles. The Morgan fingerprint density at radius 2 is 2.08 bits per heavy atom. The number of halogens is 2. The lowest BCUT2D eigenvalue weighted by Crippen LogP contribution is -2.13. The van der Waals surface area contributed by atoms with E-state index in [1.807, 2.05) is 19.1 Å². The van der Waals surface area contributed by atoms with Crippen molar-refractivity contribution in [2.45, 2.75) is 6.92 Å². The molecule has 0 aliphatic rings. The van der Waals surface area contributed by atoms with E-state index in [4.69, 9.17) is 4.74 Å². The molecule has 0 saturated carbocycles. The van der Waals surface area contributed by atoms with Crippen molar-refractivity contribution in [3.05, 3.63) is 55.6 Å². The van der Waals surface area contributed by atoms with Crippen LogP contribution in [0.15, 0.2) is 46.4 Å². The third kappa shape index (κ3) is 5.21. The van der Waals surface area contributed by atoms with Crippen LogP contribution in [-0.2, 0) is 4.79 Å². The molecule has 128 valence electrons. The van der Waals surface area contributed by atoms with Crippen LogP contribution >= 0.6 is 38.5 Å². The highest BCUT2D eigenvalue weighted by Gasteiger charge is 2.12. The van der Waals surface area contributed by atoms with Crippen LogP contribution in [-0.4, -0.2) is 17.6 Å². The first kappa shape index (κ1) is 19.3. The number of amides is 1. The van der Waals surface area contributed by atoms with Gasteiger partial charge in [0.1, 0.15) is 23.1 Å². The summed E-state index contributed by atoms with van der Waals surface area (Å²) in [6, 6.07) is 11.6. The number of anilines is 1. The fraction of sp³-hybridized carbons (Fsp3) is 0.111. The smallest absolute Gasteiger partial charge is 0.266 e. The largest absolute Gasteiger partial charge is 0.508 e. The predicted octanol–water partition coefficient (Wildman–Crippen LogP) is 4.70. The molecule has 0 radical (unpaired) electrons. The van der Waals surface area contributed by atoms with Crippen LogP contribution in [0.3, 0.4) is 0 Å². The normalized spacial score (nSPS) is 10.9. The number of hydrogen-bond donors (Lipinski definition) is 2. The fourth-order valence-electron chi connectivity index (χ4n) is 2.00. The topological polar surface area (TPSA) is 82.3 Å². The summed E-state index contributed by atoms with van der Waals surface area (Å²) in [5.41, 5.74) is 1.17. The molecule has 0 aliphatic carbocycles. The number of nitrogens with zero attached hydrogens (tertiary/aromatic N) is 1. The molecule has 25 heavy (non-hydrogen) atoms. The summed E-state index contributed by atoms with van der Waals surface area (Å²) in [7, 11) is 0. The van der Waals surface area contributed by atoms with Gasteiger partial charge in [-0.1, -0.05) is 0 Å². The molecule has 7 heteroatoms. The molecule has 0 bridgehead atoms. The van der Waals surface area contributed by atoms with Gasteiger partial charge in [-0.15, -0.1) is 0 Å². The lowest BCUT2D eigenvalue weighted by Gasteiger charge is -2.10. The first-order chi connectivity index (χ1) is 11.9. The number of ether oxygens (including phenoxy) is 1. The summed E-state index contributed by atoms with van der Waals surface area (Å²) in [6.45, 7) is 2.44. The number of hydrogen-bond acceptors (Lipinski definition) is 4. The van der Waals surface area contributed by atoms with Crippen molar-refractivity contribution in [2.75, 3.05) is 11.9 Å². The number of nitrogens with one attached hydrogen (secondary N) is 1. The predicted molar refractivity (Wildman–Crippen MR) is 108 cm³/mol. The summed E-state index contributed by atoms with van der Waals surface area (Å²) in [5.74, 6) is 0.309. The highest BCUT2D eigenvalue weighted by Crippen LogP contribution is 2.32. The van der Waals surface area contributed by atoms with E-state index in [1.165, 1.54) is 18.2 Å². The summed E-state index contributed by atoms with van der Waals surface area (Å²) < 4.78 is 7.18. The molecule has 0 fully saturated rings. The minimum atomic E-state index is -0.520. The maximum atomic E-state index is 12.3. The van der Waals surface area contributed by atoms with Gasteiger partial charge in [0, 0.05) is 5.69 Å². The van der Waals surface area contributed by atoms with Gasteiger partial charge in [-0.05, 0) is 93.5 Å². The second-order valence-corrected chi connectivity index (χ2v) is 6.93. The number of rotatable bonds is 5. The number of carbonyl (C=O) groups excluding carboxylic acids is 1. The van der Waals surface area contributed by atoms with Crippen LogP contribution in [0.25, 0.3) is 6.08 Å². The first-order valence-electron chi connectivity index (χ1n) is 7.28. The number of aromatic hydroxyl groups is 1. The molecule has 1 amide bonds. The fourth-order valence-corrected chi connectivity index (χ4v) is 3.77. The number of nitriles is 1. The molecular weight excluding hydrogens is 499 g/mol. The molecule has 0 aliphatic heterocycles. The molecule has 2 aromatic rings. The molecule has 0 unspecified atom stereocenters. The van der Waals surface area contributed by atoms with Gasteiger partial charge in [0.2, 0.25) is 0 Å². The van der Waals surface area contributed by atoms with E-state index in [2.05, 4.69) is 43.8 Å². The number of benzene rings is 2. The van der Waals surface area contributed by atoms with Crippen LogP contribution in [0, 0.1) is 14.9 Å². The summed E-state index contributed by atoms with van der Waals surface area (Å²) in [5, 5.41) is 21.2. The van der Waals surface area contributed by atoms with Crippen molar-refractivity contribution in [3.8, 4) is 17.6 Å². The molecule has 2 aromatic carbocycles. The van der Waals surface area contributed by atoms with E-state index >= 15 is 0 Å². The van der Waals surface area contributed by atoms with Gasteiger partial charge in [0.15, 0.2) is 0 Å². The van der Waals surface area contributed by atoms with Gasteiger partial charge >= 0.3 is 0 Å². The highest BCUT2D eigenvalue weighted by molar-refractivity contribution is 14.1. The van der Waals surface area contributed by atoms with Gasteiger partial charge in [-0.25, -0.2) is 0 Å². The Bertz CT molecular complexity index is 835. The number of carbonyl (C=O) groups is 1. The lowest BCUT2D eigenvalue weighted by atomic mass is 10.1. The average molecular weight is 513 g/mol. The monoisotopic (exact) mass is 512 g/mol. The number of phenolic OH excluding ortho intramolecular Hbond substituents is 1. The third-order valence-electron chi connectivity index (χ3n) is 3.11. The van der Waals surface area contributed by atoms with E-state index in [-0.39, 0.29) is 11.3 Å². The molecule has 0 saturated heterocycles. The quantitative estimate of drug-likeness (QED) is 0.263. The van der Waals surface area contributed by atoms with Crippen LogP contribution < -0.4 is 10.1 Å². The summed E-state index contributed by atoms with van der Waals surface area (Å²) >= 11 is 5.58. The number of phenols is 1. The van der Waals surface area contributed by atoms with Crippen molar-refractivity contribution in [1.82, 2.24) is 0 Å². The molecule has 5 nitrogen and oxygen atoms in total. The molecule has 0 aromatic heterocycles. The zero-order chi connectivity index (χ0) is 18.4. The van der Waals surface area contributed by atoms with E-state index in [1.54, 1.807) is 18.2 Å². The minimum Gasteiger partial charge on any atom is -0.508 e. The van der Waals surface area contributed by atoms with Crippen LogP contribution in [0.2, 0.25) is 0 Å². The van der Waals surface area contributed by atoms with Crippen molar-refractivity contribution < 1.29 is 14.6 Å². The minimum absolute atomic E-state index is 0.0278. The average Bonchev–Trinajstić information content (AvgIpc) is 2.58. The van der Waals surface area contributed by atoms with Crippen LogP contribution in [0.5, 0.6) is 11.5 Å².